The predicted octanol–water partition coefficient (Wildman–Crippen LogP) is 5.36. The van der Waals surface area contributed by atoms with E-state index >= 15 is 0 Å². The van der Waals surface area contributed by atoms with Crippen molar-refractivity contribution < 1.29 is 9.53 Å². The summed E-state index contributed by atoms with van der Waals surface area (Å²) in [5.74, 6) is 0. The highest BCUT2D eigenvalue weighted by atomic mass is 28.4. The molecule has 3 heteroatoms. The maximum atomic E-state index is 10.6. The number of rotatable bonds is 3. The van der Waals surface area contributed by atoms with Gasteiger partial charge in [0.25, 0.3) is 0 Å². The van der Waals surface area contributed by atoms with E-state index in [1.165, 1.54) is 24.0 Å². The molecule has 124 valence electrons. The van der Waals surface area contributed by atoms with E-state index in [9.17, 15) is 5.11 Å². The van der Waals surface area contributed by atoms with Crippen molar-refractivity contribution in [3.63, 3.8) is 0 Å². The van der Waals surface area contributed by atoms with Crippen LogP contribution in [0.3, 0.4) is 0 Å². The number of hydrogen-bond acceptors (Lipinski definition) is 2. The highest BCUT2D eigenvalue weighted by Gasteiger charge is 2.37. The molecule has 1 atom stereocenters. The largest absolute Gasteiger partial charge is 0.413 e. The Balaban J connectivity index is 2.23. The monoisotopic (exact) mass is 320 g/mol. The van der Waals surface area contributed by atoms with Gasteiger partial charge in [-0.25, -0.2) is 0 Å². The van der Waals surface area contributed by atoms with Gasteiger partial charge in [0.15, 0.2) is 8.32 Å². The zero-order valence-electron chi connectivity index (χ0n) is 14.9. The Labute approximate surface area is 137 Å². The summed E-state index contributed by atoms with van der Waals surface area (Å²) in [5, 5.41) is 10.8. The first-order valence-electron chi connectivity index (χ1n) is 8.65. The average Bonchev–Trinajstić information content (AvgIpc) is 2.41. The van der Waals surface area contributed by atoms with E-state index < -0.39 is 8.32 Å². The van der Waals surface area contributed by atoms with Crippen molar-refractivity contribution >= 4 is 8.32 Å². The van der Waals surface area contributed by atoms with Gasteiger partial charge in [0.05, 0.1) is 12.7 Å². The van der Waals surface area contributed by atoms with Crippen LogP contribution in [0.2, 0.25) is 18.1 Å². The molecule has 1 unspecified atom stereocenters. The summed E-state index contributed by atoms with van der Waals surface area (Å²) in [4.78, 5) is 0. The summed E-state index contributed by atoms with van der Waals surface area (Å²) in [6, 6.07) is 6.44. The Kier molecular flexibility index (Phi) is 5.52. The van der Waals surface area contributed by atoms with Gasteiger partial charge < -0.3 is 9.53 Å². The Hall–Kier alpha value is -0.643. The molecule has 0 aromatic heterocycles. The van der Waals surface area contributed by atoms with Gasteiger partial charge in [0, 0.05) is 0 Å². The predicted molar refractivity (Wildman–Crippen MR) is 95.6 cm³/mol. The molecule has 0 spiro atoms. The number of aliphatic hydroxyl groups is 1. The van der Waals surface area contributed by atoms with Crippen molar-refractivity contribution in [3.8, 4) is 0 Å². The molecule has 1 aromatic carbocycles. The first-order valence-corrected chi connectivity index (χ1v) is 11.6. The molecule has 1 N–H and O–H groups in total. The van der Waals surface area contributed by atoms with Gasteiger partial charge in [-0.1, -0.05) is 51.8 Å². The third-order valence-corrected chi connectivity index (χ3v) is 9.92. The number of fused-ring (bicyclic) bond motifs is 1. The van der Waals surface area contributed by atoms with Crippen LogP contribution in [0.4, 0.5) is 0 Å². The molecule has 2 nitrogen and oxygen atoms in total. The second-order valence-corrected chi connectivity index (χ2v) is 13.0. The first kappa shape index (κ1) is 17.7. The summed E-state index contributed by atoms with van der Waals surface area (Å²) >= 11 is 0. The molecule has 22 heavy (non-hydrogen) atoms. The number of benzene rings is 1. The quantitative estimate of drug-likeness (QED) is 0.760. The molecule has 0 heterocycles. The molecular formula is C19H32O2Si. The van der Waals surface area contributed by atoms with Crippen LogP contribution in [0, 0.1) is 0 Å². The summed E-state index contributed by atoms with van der Waals surface area (Å²) < 4.78 is 6.39. The zero-order chi connectivity index (χ0) is 16.4. The summed E-state index contributed by atoms with van der Waals surface area (Å²) in [7, 11) is -1.76. The van der Waals surface area contributed by atoms with Crippen molar-refractivity contribution in [2.45, 2.75) is 83.7 Å². The second kappa shape index (κ2) is 6.86. The minimum Gasteiger partial charge on any atom is -0.413 e. The number of aryl methyl sites for hydroxylation is 1. The van der Waals surface area contributed by atoms with Crippen molar-refractivity contribution in [2.75, 3.05) is 0 Å². The Morgan fingerprint density at radius 2 is 1.91 bits per heavy atom. The highest BCUT2D eigenvalue weighted by Crippen LogP contribution is 2.38. The highest BCUT2D eigenvalue weighted by molar-refractivity contribution is 6.74. The van der Waals surface area contributed by atoms with Crippen LogP contribution in [0.5, 0.6) is 0 Å². The van der Waals surface area contributed by atoms with Crippen LogP contribution in [0.25, 0.3) is 0 Å². The van der Waals surface area contributed by atoms with Crippen LogP contribution < -0.4 is 0 Å². The lowest BCUT2D eigenvalue weighted by Crippen LogP contribution is -2.40. The molecule has 0 fully saturated rings. The number of aliphatic hydroxyl groups excluding tert-OH is 1. The lowest BCUT2D eigenvalue weighted by molar-refractivity contribution is 0.156. The topological polar surface area (TPSA) is 29.5 Å². The van der Waals surface area contributed by atoms with Gasteiger partial charge >= 0.3 is 0 Å². The fraction of sp³-hybridized carbons (Fsp3) is 0.684. The van der Waals surface area contributed by atoms with Crippen molar-refractivity contribution in [2.24, 2.45) is 0 Å². The molecule has 1 aromatic rings. The van der Waals surface area contributed by atoms with Crippen LogP contribution in [-0.4, -0.2) is 13.4 Å². The van der Waals surface area contributed by atoms with Gasteiger partial charge in [-0.15, -0.1) is 0 Å². The van der Waals surface area contributed by atoms with E-state index in [0.717, 1.165) is 24.8 Å². The average molecular weight is 321 g/mol. The summed E-state index contributed by atoms with van der Waals surface area (Å²) in [5.41, 5.74) is 3.67. The molecule has 0 saturated carbocycles. The normalized spacial score (nSPS) is 20.2. The molecule has 1 aliphatic carbocycles. The van der Waals surface area contributed by atoms with E-state index in [0.29, 0.717) is 6.61 Å². The third kappa shape index (κ3) is 4.00. The molecular weight excluding hydrogens is 288 g/mol. The first-order chi connectivity index (χ1) is 10.2. The standard InChI is InChI=1S/C19H32O2Si/c1-19(2,3)22(4,5)21-14-16-12-9-11-15-10-7-6-8-13-17(20)18(15)16/h9,11-12,17,20H,6-8,10,13-14H2,1-5H3. The van der Waals surface area contributed by atoms with E-state index in [1.54, 1.807) is 0 Å². The van der Waals surface area contributed by atoms with E-state index in [-0.39, 0.29) is 11.1 Å². The Morgan fingerprint density at radius 3 is 2.59 bits per heavy atom. The Bertz CT molecular complexity index is 503. The van der Waals surface area contributed by atoms with Gasteiger partial charge in [0.2, 0.25) is 0 Å². The van der Waals surface area contributed by atoms with Gasteiger partial charge in [-0.3, -0.25) is 0 Å². The molecule has 0 saturated heterocycles. The molecule has 1 aliphatic rings. The van der Waals surface area contributed by atoms with Gasteiger partial charge in [0.1, 0.15) is 0 Å². The van der Waals surface area contributed by atoms with Gasteiger partial charge in [-0.2, -0.15) is 0 Å². The molecule has 2 rings (SSSR count). The van der Waals surface area contributed by atoms with Crippen LogP contribution >= 0.6 is 0 Å². The van der Waals surface area contributed by atoms with Crippen molar-refractivity contribution in [1.82, 2.24) is 0 Å². The van der Waals surface area contributed by atoms with Crippen LogP contribution in [-0.2, 0) is 17.5 Å². The zero-order valence-corrected chi connectivity index (χ0v) is 15.9. The van der Waals surface area contributed by atoms with E-state index in [2.05, 4.69) is 52.1 Å². The summed E-state index contributed by atoms with van der Waals surface area (Å²) in [6.45, 7) is 12.0. The molecule has 0 aliphatic heterocycles. The molecule has 0 amide bonds. The maximum absolute atomic E-state index is 10.6. The smallest absolute Gasteiger partial charge is 0.192 e. The minimum absolute atomic E-state index is 0.217. The Morgan fingerprint density at radius 1 is 1.18 bits per heavy atom. The number of hydrogen-bond donors (Lipinski definition) is 1. The minimum atomic E-state index is -1.76. The fourth-order valence-corrected chi connectivity index (χ4v) is 3.84. The molecule has 0 bridgehead atoms. The van der Waals surface area contributed by atoms with Crippen LogP contribution in [0.15, 0.2) is 18.2 Å². The maximum Gasteiger partial charge on any atom is 0.192 e. The third-order valence-electron chi connectivity index (χ3n) is 5.44. The van der Waals surface area contributed by atoms with E-state index in [4.69, 9.17) is 4.43 Å². The fourth-order valence-electron chi connectivity index (χ4n) is 2.89. The SMILES string of the molecule is CC(C)(C)[Si](C)(C)OCc1cccc2c1C(O)CCCCC2. The summed E-state index contributed by atoms with van der Waals surface area (Å²) in [6.07, 6.45) is 5.21. The van der Waals surface area contributed by atoms with Crippen LogP contribution in [0.1, 0.15) is 69.2 Å². The second-order valence-electron chi connectivity index (χ2n) is 8.15. The molecule has 0 radical (unpaired) electrons. The lowest BCUT2D eigenvalue weighted by atomic mass is 9.88. The van der Waals surface area contributed by atoms with Gasteiger partial charge in [-0.05, 0) is 54.1 Å². The van der Waals surface area contributed by atoms with Crippen molar-refractivity contribution in [1.29, 1.82) is 0 Å². The lowest BCUT2D eigenvalue weighted by Gasteiger charge is -2.36. The van der Waals surface area contributed by atoms with E-state index in [1.807, 2.05) is 0 Å². The van der Waals surface area contributed by atoms with Crippen molar-refractivity contribution in [3.05, 3.63) is 34.9 Å².